The predicted octanol–water partition coefficient (Wildman–Crippen LogP) is 9.58. The lowest BCUT2D eigenvalue weighted by Crippen LogP contribution is -2.41. The highest BCUT2D eigenvalue weighted by molar-refractivity contribution is 6.09. The number of nitrogens with zero attached hydrogens (tertiary/aromatic N) is 3. The molecule has 3 aliphatic heterocycles. The summed E-state index contributed by atoms with van der Waals surface area (Å²) in [7, 11) is 0. The number of para-hydroxylation sites is 1. The number of anilines is 1. The topological polar surface area (TPSA) is 60.9 Å². The fraction of sp³-hybridized carbons (Fsp3) is 0.533. The molecule has 0 fully saturated rings. The Bertz CT molecular complexity index is 1730. The molecule has 0 bridgehead atoms. The van der Waals surface area contributed by atoms with Gasteiger partial charge in [-0.25, -0.2) is 0 Å². The normalized spacial score (nSPS) is 21.7. The van der Waals surface area contributed by atoms with Crippen molar-refractivity contribution < 1.29 is 14.4 Å². The van der Waals surface area contributed by atoms with Gasteiger partial charge in [0.25, 0.3) is 0 Å². The number of allylic oxidation sites excluding steroid dienone is 3. The average molecular weight is 692 g/mol. The van der Waals surface area contributed by atoms with E-state index in [-0.39, 0.29) is 40.1 Å². The summed E-state index contributed by atoms with van der Waals surface area (Å²) >= 11 is 0. The van der Waals surface area contributed by atoms with Crippen molar-refractivity contribution in [2.24, 2.45) is 28.1 Å². The van der Waals surface area contributed by atoms with Crippen LogP contribution in [0.4, 0.5) is 5.69 Å². The number of ketones is 2. The zero-order chi connectivity index (χ0) is 37.3. The Balaban J connectivity index is 1.37. The zero-order valence-electron chi connectivity index (χ0n) is 32.9. The van der Waals surface area contributed by atoms with Crippen LogP contribution < -0.4 is 4.90 Å². The van der Waals surface area contributed by atoms with E-state index >= 15 is 0 Å². The molecule has 2 aromatic carbocycles. The van der Waals surface area contributed by atoms with Crippen molar-refractivity contribution in [3.8, 4) is 0 Å². The number of rotatable bonds is 12. The molecule has 6 nitrogen and oxygen atoms in total. The molecule has 0 N–H and O–H groups in total. The summed E-state index contributed by atoms with van der Waals surface area (Å²) in [6.07, 6.45) is 11.0. The van der Waals surface area contributed by atoms with Gasteiger partial charge in [-0.3, -0.25) is 14.4 Å². The van der Waals surface area contributed by atoms with E-state index in [0.29, 0.717) is 25.3 Å². The van der Waals surface area contributed by atoms with E-state index < -0.39 is 5.41 Å². The van der Waals surface area contributed by atoms with E-state index in [1.165, 1.54) is 11.1 Å². The SMILES string of the molecule is CCC(=O)C1=CN(CC(C)Cc2ccccc2N2C=CC(C)(C)C(c3cccc(C(=O)C4=CN(CC(C)C)CCC4(C)C)c3)C2)C(=O)CC1(C)C. The number of carbonyl (C=O) groups excluding carboxylic acids is 3. The van der Waals surface area contributed by atoms with Crippen molar-refractivity contribution in [1.29, 1.82) is 0 Å². The van der Waals surface area contributed by atoms with Crippen LogP contribution in [0.3, 0.4) is 0 Å². The first kappa shape index (κ1) is 38.3. The second-order valence-corrected chi connectivity index (χ2v) is 17.7. The third-order valence-corrected chi connectivity index (χ3v) is 11.3. The van der Waals surface area contributed by atoms with E-state index in [1.54, 1.807) is 4.90 Å². The molecule has 0 saturated heterocycles. The number of amides is 1. The van der Waals surface area contributed by atoms with Gasteiger partial charge in [0.2, 0.25) is 5.91 Å². The van der Waals surface area contributed by atoms with Crippen molar-refractivity contribution >= 4 is 23.2 Å². The van der Waals surface area contributed by atoms with Crippen LogP contribution in [0, 0.1) is 28.1 Å². The molecule has 0 radical (unpaired) electrons. The molecule has 1 amide bonds. The van der Waals surface area contributed by atoms with Gasteiger partial charge in [-0.1, -0.05) is 112 Å². The van der Waals surface area contributed by atoms with Crippen molar-refractivity contribution in [3.05, 3.63) is 101 Å². The minimum absolute atomic E-state index is 0.0776. The first-order valence-corrected chi connectivity index (χ1v) is 19.1. The van der Waals surface area contributed by atoms with Gasteiger partial charge < -0.3 is 14.7 Å². The van der Waals surface area contributed by atoms with Crippen molar-refractivity contribution in [2.75, 3.05) is 31.1 Å². The van der Waals surface area contributed by atoms with Crippen molar-refractivity contribution in [3.63, 3.8) is 0 Å². The van der Waals surface area contributed by atoms with Crippen molar-refractivity contribution in [2.45, 2.75) is 101 Å². The lowest BCUT2D eigenvalue weighted by atomic mass is 9.72. The molecule has 0 saturated carbocycles. The van der Waals surface area contributed by atoms with Crippen LogP contribution in [0.25, 0.3) is 0 Å². The van der Waals surface area contributed by atoms with Crippen LogP contribution >= 0.6 is 0 Å². The molecule has 0 spiro atoms. The molecule has 2 unspecified atom stereocenters. The maximum atomic E-state index is 14.2. The molecule has 6 heteroatoms. The lowest BCUT2D eigenvalue weighted by molar-refractivity contribution is -0.132. The third-order valence-electron chi connectivity index (χ3n) is 11.3. The van der Waals surface area contributed by atoms with E-state index in [0.717, 1.165) is 54.9 Å². The van der Waals surface area contributed by atoms with Gasteiger partial charge in [-0.15, -0.1) is 0 Å². The molecule has 3 heterocycles. The van der Waals surface area contributed by atoms with Gasteiger partial charge in [0.15, 0.2) is 11.6 Å². The Hall–Kier alpha value is -3.93. The quantitative estimate of drug-likeness (QED) is 0.208. The summed E-state index contributed by atoms with van der Waals surface area (Å²) in [6.45, 7) is 24.8. The first-order chi connectivity index (χ1) is 23.9. The Labute approximate surface area is 307 Å². The predicted molar refractivity (Wildman–Crippen MR) is 209 cm³/mol. The largest absolute Gasteiger partial charge is 0.377 e. The highest BCUT2D eigenvalue weighted by atomic mass is 16.2. The van der Waals surface area contributed by atoms with Crippen LogP contribution in [0.1, 0.15) is 116 Å². The van der Waals surface area contributed by atoms with Gasteiger partial charge >= 0.3 is 0 Å². The summed E-state index contributed by atoms with van der Waals surface area (Å²) in [6, 6.07) is 16.9. The monoisotopic (exact) mass is 691 g/mol. The molecule has 274 valence electrons. The van der Waals surface area contributed by atoms with Crippen LogP contribution in [-0.4, -0.2) is 53.5 Å². The lowest BCUT2D eigenvalue weighted by Gasteiger charge is -2.41. The third kappa shape index (κ3) is 8.59. The van der Waals surface area contributed by atoms with Gasteiger partial charge in [0, 0.05) is 91.4 Å². The van der Waals surface area contributed by atoms with Crippen LogP contribution in [-0.2, 0) is 16.0 Å². The second kappa shape index (κ2) is 15.0. The fourth-order valence-electron chi connectivity index (χ4n) is 8.13. The molecule has 0 aliphatic carbocycles. The summed E-state index contributed by atoms with van der Waals surface area (Å²) in [5.74, 6) is 1.21. The molecule has 0 aromatic heterocycles. The summed E-state index contributed by atoms with van der Waals surface area (Å²) < 4.78 is 0. The van der Waals surface area contributed by atoms with Crippen LogP contribution in [0.2, 0.25) is 0 Å². The first-order valence-electron chi connectivity index (χ1n) is 19.1. The second-order valence-electron chi connectivity index (χ2n) is 17.7. The van der Waals surface area contributed by atoms with E-state index in [2.05, 4.69) is 119 Å². The van der Waals surface area contributed by atoms with Crippen molar-refractivity contribution in [1.82, 2.24) is 9.80 Å². The minimum Gasteiger partial charge on any atom is -0.377 e. The highest BCUT2D eigenvalue weighted by Gasteiger charge is 2.38. The number of Topliss-reactive ketones (excluding diaryl/α,β-unsaturated/α-hetero) is 2. The molecule has 2 aromatic rings. The van der Waals surface area contributed by atoms with Gasteiger partial charge in [-0.05, 0) is 58.8 Å². The smallest absolute Gasteiger partial charge is 0.227 e. The maximum Gasteiger partial charge on any atom is 0.227 e. The number of hydrogen-bond donors (Lipinski definition) is 0. The number of hydrogen-bond acceptors (Lipinski definition) is 5. The fourth-order valence-corrected chi connectivity index (χ4v) is 8.13. The summed E-state index contributed by atoms with van der Waals surface area (Å²) in [5.41, 5.74) is 5.26. The van der Waals surface area contributed by atoms with Crippen LogP contribution in [0.15, 0.2) is 84.4 Å². The number of carbonyl (C=O) groups is 3. The molecular weight excluding hydrogens is 631 g/mol. The van der Waals surface area contributed by atoms with E-state index in [4.69, 9.17) is 0 Å². The molecular formula is C45H61N3O3. The Morgan fingerprint density at radius 3 is 2.31 bits per heavy atom. The average Bonchev–Trinajstić information content (AvgIpc) is 3.06. The molecule has 2 atom stereocenters. The van der Waals surface area contributed by atoms with Gasteiger partial charge in [-0.2, -0.15) is 0 Å². The van der Waals surface area contributed by atoms with Gasteiger partial charge in [0.05, 0.1) is 0 Å². The van der Waals surface area contributed by atoms with E-state index in [1.807, 2.05) is 33.0 Å². The summed E-state index contributed by atoms with van der Waals surface area (Å²) in [5, 5.41) is 0. The Morgan fingerprint density at radius 2 is 1.61 bits per heavy atom. The Kier molecular flexibility index (Phi) is 11.2. The minimum atomic E-state index is -0.438. The highest BCUT2D eigenvalue weighted by Crippen LogP contribution is 2.44. The van der Waals surface area contributed by atoms with Gasteiger partial charge in [0.1, 0.15) is 0 Å². The summed E-state index contributed by atoms with van der Waals surface area (Å²) in [4.78, 5) is 46.6. The standard InChI is InChI=1S/C45H61N3O3/c1-11-40(49)37-30-48(41(50)25-45(37,9)10)27-32(4)23-34-15-12-13-18-39(34)47-22-20-43(5,6)36(29-47)33-16-14-17-35(24-33)42(51)38-28-46(26-31(2)3)21-19-44(38,7)8/h12-18,20,22,24,28,30-32,36H,11,19,21,23,25-27,29H2,1-10H3. The molecule has 3 aliphatic rings. The zero-order valence-corrected chi connectivity index (χ0v) is 32.9. The van der Waals surface area contributed by atoms with E-state index in [9.17, 15) is 14.4 Å². The molecule has 51 heavy (non-hydrogen) atoms. The number of benzene rings is 2. The Morgan fingerprint density at radius 1 is 0.882 bits per heavy atom. The maximum absolute atomic E-state index is 14.2. The molecule has 5 rings (SSSR count). The van der Waals surface area contributed by atoms with Crippen LogP contribution in [0.5, 0.6) is 0 Å².